The Morgan fingerprint density at radius 1 is 1.36 bits per heavy atom. The van der Waals surface area contributed by atoms with Gasteiger partial charge in [-0.3, -0.25) is 4.79 Å². The first kappa shape index (κ1) is 18.2. The SMILES string of the molecule is CC[C@H]1c2c(SCC(=O)Nc3ccccc3F)nc(C)nc2S[C@H]1C. The summed E-state index contributed by atoms with van der Waals surface area (Å²) in [4.78, 5) is 21.3. The number of hydrogen-bond acceptors (Lipinski definition) is 5. The van der Waals surface area contributed by atoms with Gasteiger partial charge in [0.1, 0.15) is 21.7 Å². The minimum Gasteiger partial charge on any atom is -0.323 e. The summed E-state index contributed by atoms with van der Waals surface area (Å²) >= 11 is 3.17. The lowest BCUT2D eigenvalue weighted by molar-refractivity contribution is -0.113. The molecule has 2 aromatic rings. The van der Waals surface area contributed by atoms with Crippen LogP contribution in [0.15, 0.2) is 34.3 Å². The maximum atomic E-state index is 13.6. The van der Waals surface area contributed by atoms with Gasteiger partial charge in [-0.25, -0.2) is 14.4 Å². The Hall–Kier alpha value is -1.60. The molecule has 2 atom stereocenters. The number of fused-ring (bicyclic) bond motifs is 1. The van der Waals surface area contributed by atoms with Gasteiger partial charge in [-0.15, -0.1) is 11.8 Å². The Morgan fingerprint density at radius 2 is 2.12 bits per heavy atom. The van der Waals surface area contributed by atoms with Crippen LogP contribution in [0.1, 0.15) is 37.6 Å². The molecular formula is C18H20FN3OS2. The lowest BCUT2D eigenvalue weighted by Crippen LogP contribution is -2.15. The summed E-state index contributed by atoms with van der Waals surface area (Å²) in [6.45, 7) is 6.24. The van der Waals surface area contributed by atoms with E-state index >= 15 is 0 Å². The van der Waals surface area contributed by atoms with Crippen molar-refractivity contribution in [2.24, 2.45) is 0 Å². The van der Waals surface area contributed by atoms with Gasteiger partial charge in [-0.1, -0.05) is 37.7 Å². The van der Waals surface area contributed by atoms with Crippen LogP contribution in [0.25, 0.3) is 0 Å². The van der Waals surface area contributed by atoms with Crippen LogP contribution >= 0.6 is 23.5 Å². The fourth-order valence-electron chi connectivity index (χ4n) is 2.96. The number of hydrogen-bond donors (Lipinski definition) is 1. The summed E-state index contributed by atoms with van der Waals surface area (Å²) in [5.74, 6) is 0.625. The zero-order valence-corrected chi connectivity index (χ0v) is 16.0. The number of aromatic nitrogens is 2. The highest BCUT2D eigenvalue weighted by Gasteiger charge is 2.33. The second-order valence-corrected chi connectivity index (χ2v) is 8.28. The largest absolute Gasteiger partial charge is 0.323 e. The van der Waals surface area contributed by atoms with Crippen molar-refractivity contribution < 1.29 is 9.18 Å². The van der Waals surface area contributed by atoms with Crippen LogP contribution in [0.4, 0.5) is 10.1 Å². The van der Waals surface area contributed by atoms with Crippen LogP contribution in [-0.2, 0) is 4.79 Å². The molecule has 0 spiro atoms. The van der Waals surface area contributed by atoms with E-state index < -0.39 is 5.82 Å². The van der Waals surface area contributed by atoms with E-state index in [2.05, 4.69) is 29.1 Å². The predicted molar refractivity (Wildman–Crippen MR) is 101 cm³/mol. The Kier molecular flexibility index (Phi) is 5.64. The van der Waals surface area contributed by atoms with E-state index in [1.807, 2.05) is 6.92 Å². The van der Waals surface area contributed by atoms with Crippen molar-refractivity contribution in [3.05, 3.63) is 41.5 Å². The van der Waals surface area contributed by atoms with Gasteiger partial charge < -0.3 is 5.32 Å². The molecule has 132 valence electrons. The molecule has 25 heavy (non-hydrogen) atoms. The van der Waals surface area contributed by atoms with Crippen LogP contribution < -0.4 is 5.32 Å². The van der Waals surface area contributed by atoms with Crippen molar-refractivity contribution in [1.29, 1.82) is 0 Å². The number of benzene rings is 1. The summed E-state index contributed by atoms with van der Waals surface area (Å²) in [5, 5.41) is 4.98. The maximum Gasteiger partial charge on any atom is 0.234 e. The molecule has 0 saturated heterocycles. The highest BCUT2D eigenvalue weighted by molar-refractivity contribution is 8.01. The minimum atomic E-state index is -0.434. The van der Waals surface area contributed by atoms with Crippen molar-refractivity contribution >= 4 is 35.1 Å². The number of thioether (sulfide) groups is 2. The van der Waals surface area contributed by atoms with Gasteiger partial charge in [0, 0.05) is 16.7 Å². The first-order chi connectivity index (χ1) is 12.0. The quantitative estimate of drug-likeness (QED) is 0.607. The van der Waals surface area contributed by atoms with Crippen molar-refractivity contribution in [3.8, 4) is 0 Å². The third-order valence-corrected chi connectivity index (χ3v) is 6.38. The van der Waals surface area contributed by atoms with E-state index in [1.165, 1.54) is 17.8 Å². The highest BCUT2D eigenvalue weighted by Crippen LogP contribution is 2.48. The van der Waals surface area contributed by atoms with Crippen molar-refractivity contribution in [1.82, 2.24) is 9.97 Å². The average molecular weight is 378 g/mol. The van der Waals surface area contributed by atoms with Crippen LogP contribution in [-0.4, -0.2) is 26.9 Å². The zero-order valence-electron chi connectivity index (χ0n) is 14.4. The van der Waals surface area contributed by atoms with Gasteiger partial charge in [0.05, 0.1) is 11.4 Å². The van der Waals surface area contributed by atoms with E-state index in [0.717, 1.165) is 22.0 Å². The molecule has 1 amide bonds. The highest BCUT2D eigenvalue weighted by atomic mass is 32.2. The molecule has 0 fully saturated rings. The Labute approximate surface area is 155 Å². The van der Waals surface area contributed by atoms with Gasteiger partial charge in [0.25, 0.3) is 0 Å². The van der Waals surface area contributed by atoms with Crippen molar-refractivity contribution in [2.45, 2.75) is 48.4 Å². The zero-order chi connectivity index (χ0) is 18.0. The van der Waals surface area contributed by atoms with E-state index in [0.29, 0.717) is 17.0 Å². The molecule has 0 aliphatic carbocycles. The number of amides is 1. The summed E-state index contributed by atoms with van der Waals surface area (Å²) in [6, 6.07) is 6.16. The number of halogens is 1. The molecule has 1 aromatic heterocycles. The van der Waals surface area contributed by atoms with E-state index in [9.17, 15) is 9.18 Å². The van der Waals surface area contributed by atoms with E-state index in [4.69, 9.17) is 0 Å². The number of carbonyl (C=O) groups excluding carboxylic acids is 1. The van der Waals surface area contributed by atoms with E-state index in [-0.39, 0.29) is 17.3 Å². The number of nitrogens with one attached hydrogen (secondary N) is 1. The smallest absolute Gasteiger partial charge is 0.234 e. The molecule has 7 heteroatoms. The first-order valence-electron chi connectivity index (χ1n) is 8.22. The fourth-order valence-corrected chi connectivity index (χ4v) is 5.37. The monoisotopic (exact) mass is 377 g/mol. The standard InChI is InChI=1S/C18H20FN3OS2/c1-4-12-10(2)25-18-16(12)17(20-11(3)21-18)24-9-15(23)22-14-8-6-5-7-13(14)19/h5-8,10,12H,4,9H2,1-3H3,(H,22,23)/t10-,12+/m0/s1. The third-order valence-electron chi connectivity index (χ3n) is 4.15. The molecule has 1 aromatic carbocycles. The molecule has 0 bridgehead atoms. The van der Waals surface area contributed by atoms with Crippen LogP contribution in [0.2, 0.25) is 0 Å². The normalized spacial score (nSPS) is 18.9. The van der Waals surface area contributed by atoms with Crippen molar-refractivity contribution in [3.63, 3.8) is 0 Å². The summed E-state index contributed by atoms with van der Waals surface area (Å²) in [7, 11) is 0. The number of aryl methyl sites for hydroxylation is 1. The topological polar surface area (TPSA) is 54.9 Å². The Bertz CT molecular complexity index is 800. The number of anilines is 1. The fraction of sp³-hybridized carbons (Fsp3) is 0.389. The van der Waals surface area contributed by atoms with Crippen LogP contribution in [0.3, 0.4) is 0 Å². The number of rotatable bonds is 5. The Morgan fingerprint density at radius 3 is 2.84 bits per heavy atom. The number of carbonyl (C=O) groups is 1. The average Bonchev–Trinajstić information content (AvgIpc) is 2.89. The molecule has 0 radical (unpaired) electrons. The molecule has 0 saturated carbocycles. The molecule has 0 unspecified atom stereocenters. The number of para-hydroxylation sites is 1. The Balaban J connectivity index is 1.74. The van der Waals surface area contributed by atoms with Crippen molar-refractivity contribution in [2.75, 3.05) is 11.1 Å². The molecule has 1 aliphatic rings. The first-order valence-corrected chi connectivity index (χ1v) is 10.1. The lowest BCUT2D eigenvalue weighted by atomic mass is 9.96. The van der Waals surface area contributed by atoms with Crippen LogP contribution in [0, 0.1) is 12.7 Å². The molecule has 3 rings (SSSR count). The molecule has 1 N–H and O–H groups in total. The third kappa shape index (κ3) is 3.98. The lowest BCUT2D eigenvalue weighted by Gasteiger charge is -2.15. The van der Waals surface area contributed by atoms with Crippen LogP contribution in [0.5, 0.6) is 0 Å². The van der Waals surface area contributed by atoms with Gasteiger partial charge in [-0.05, 0) is 25.5 Å². The molecule has 1 aliphatic heterocycles. The molecule has 2 heterocycles. The summed E-state index contributed by atoms with van der Waals surface area (Å²) < 4.78 is 13.6. The maximum absolute atomic E-state index is 13.6. The van der Waals surface area contributed by atoms with E-state index in [1.54, 1.807) is 30.0 Å². The second kappa shape index (κ2) is 7.74. The summed E-state index contributed by atoms with van der Waals surface area (Å²) in [5.41, 5.74) is 1.36. The predicted octanol–water partition coefficient (Wildman–Crippen LogP) is 4.64. The molecule has 4 nitrogen and oxygen atoms in total. The molecular weight excluding hydrogens is 357 g/mol. The van der Waals surface area contributed by atoms with Gasteiger partial charge in [-0.2, -0.15) is 0 Å². The second-order valence-electron chi connectivity index (χ2n) is 5.95. The summed E-state index contributed by atoms with van der Waals surface area (Å²) in [6.07, 6.45) is 1.02. The number of nitrogens with zero attached hydrogens (tertiary/aromatic N) is 2. The minimum absolute atomic E-state index is 0.187. The van der Waals surface area contributed by atoms with Gasteiger partial charge >= 0.3 is 0 Å². The van der Waals surface area contributed by atoms with Gasteiger partial charge in [0.2, 0.25) is 5.91 Å². The van der Waals surface area contributed by atoms with Gasteiger partial charge in [0.15, 0.2) is 0 Å².